The molecular weight excluding hydrogens is 226 g/mol. The van der Waals surface area contributed by atoms with Crippen molar-refractivity contribution < 1.29 is 5.11 Å². The lowest BCUT2D eigenvalue weighted by Crippen LogP contribution is -2.27. The molecule has 1 aliphatic carbocycles. The summed E-state index contributed by atoms with van der Waals surface area (Å²) in [7, 11) is 0. The molecule has 1 heterocycles. The Morgan fingerprint density at radius 3 is 2.50 bits per heavy atom. The molecule has 0 bridgehead atoms. The third-order valence-electron chi connectivity index (χ3n) is 3.89. The van der Waals surface area contributed by atoms with Gasteiger partial charge in [0.1, 0.15) is 5.82 Å². The highest BCUT2D eigenvalue weighted by atomic mass is 16.3. The summed E-state index contributed by atoms with van der Waals surface area (Å²) in [6.07, 6.45) is 8.26. The zero-order valence-electron chi connectivity index (χ0n) is 11.6. The van der Waals surface area contributed by atoms with Crippen LogP contribution in [0.25, 0.3) is 0 Å². The molecule has 1 aliphatic rings. The van der Waals surface area contributed by atoms with E-state index in [1.807, 2.05) is 4.68 Å². The monoisotopic (exact) mass is 251 g/mol. The quantitative estimate of drug-likeness (QED) is 0.898. The molecule has 4 nitrogen and oxygen atoms in total. The van der Waals surface area contributed by atoms with Crippen LogP contribution < -0.4 is 0 Å². The first-order chi connectivity index (χ1) is 8.76. The molecule has 0 aliphatic heterocycles. The average molecular weight is 251 g/mol. The number of hydrogen-bond acceptors (Lipinski definition) is 3. The average Bonchev–Trinajstić information content (AvgIpc) is 2.77. The van der Waals surface area contributed by atoms with Gasteiger partial charge in [-0.1, -0.05) is 39.5 Å². The minimum absolute atomic E-state index is 0.132. The van der Waals surface area contributed by atoms with Gasteiger partial charge >= 0.3 is 0 Å². The predicted octanol–water partition coefficient (Wildman–Crippen LogP) is 2.66. The van der Waals surface area contributed by atoms with Crippen LogP contribution in [0, 0.1) is 0 Å². The SMILES string of the molecule is CCc1nc(CC)n(C2CCCCCCC2O)n1. The van der Waals surface area contributed by atoms with Gasteiger partial charge in [0.2, 0.25) is 0 Å². The Labute approximate surface area is 109 Å². The maximum Gasteiger partial charge on any atom is 0.150 e. The van der Waals surface area contributed by atoms with E-state index in [9.17, 15) is 5.11 Å². The molecule has 1 fully saturated rings. The smallest absolute Gasteiger partial charge is 0.150 e. The van der Waals surface area contributed by atoms with Crippen molar-refractivity contribution in [3.05, 3.63) is 11.6 Å². The number of aliphatic hydroxyl groups excluding tert-OH is 1. The van der Waals surface area contributed by atoms with Gasteiger partial charge in [-0.2, -0.15) is 5.10 Å². The molecular formula is C14H25N3O. The zero-order valence-corrected chi connectivity index (χ0v) is 11.6. The second-order valence-electron chi connectivity index (χ2n) is 5.22. The Hall–Kier alpha value is -0.900. The van der Waals surface area contributed by atoms with Gasteiger partial charge in [0.25, 0.3) is 0 Å². The highest BCUT2D eigenvalue weighted by molar-refractivity contribution is 4.96. The fourth-order valence-corrected chi connectivity index (χ4v) is 2.79. The highest BCUT2D eigenvalue weighted by Gasteiger charge is 2.25. The van der Waals surface area contributed by atoms with Crippen LogP contribution in [-0.2, 0) is 12.8 Å². The van der Waals surface area contributed by atoms with Crippen LogP contribution >= 0.6 is 0 Å². The summed E-state index contributed by atoms with van der Waals surface area (Å²) in [5, 5.41) is 14.9. The molecule has 0 radical (unpaired) electrons. The van der Waals surface area contributed by atoms with E-state index in [1.54, 1.807) is 0 Å². The van der Waals surface area contributed by atoms with E-state index in [-0.39, 0.29) is 12.1 Å². The third kappa shape index (κ3) is 2.91. The number of nitrogens with zero attached hydrogens (tertiary/aromatic N) is 3. The fourth-order valence-electron chi connectivity index (χ4n) is 2.79. The van der Waals surface area contributed by atoms with Gasteiger partial charge in [-0.15, -0.1) is 0 Å². The van der Waals surface area contributed by atoms with Crippen molar-refractivity contribution >= 4 is 0 Å². The van der Waals surface area contributed by atoms with Gasteiger partial charge in [0, 0.05) is 12.8 Å². The summed E-state index contributed by atoms with van der Waals surface area (Å²) in [5.41, 5.74) is 0. The molecule has 0 spiro atoms. The van der Waals surface area contributed by atoms with Crippen LogP contribution in [0.5, 0.6) is 0 Å². The largest absolute Gasteiger partial charge is 0.391 e. The number of hydrogen-bond donors (Lipinski definition) is 1. The molecule has 102 valence electrons. The number of aryl methyl sites for hydroxylation is 2. The van der Waals surface area contributed by atoms with E-state index in [2.05, 4.69) is 23.9 Å². The van der Waals surface area contributed by atoms with E-state index < -0.39 is 0 Å². The maximum absolute atomic E-state index is 10.3. The molecule has 1 aromatic rings. The van der Waals surface area contributed by atoms with Gasteiger partial charge in [0.05, 0.1) is 12.1 Å². The molecule has 4 heteroatoms. The number of aliphatic hydroxyl groups is 1. The van der Waals surface area contributed by atoms with Crippen molar-refractivity contribution in [3.8, 4) is 0 Å². The molecule has 2 atom stereocenters. The first kappa shape index (κ1) is 13.5. The summed E-state index contributed by atoms with van der Waals surface area (Å²) >= 11 is 0. The van der Waals surface area contributed by atoms with Gasteiger partial charge in [-0.3, -0.25) is 0 Å². The van der Waals surface area contributed by atoms with E-state index >= 15 is 0 Å². The van der Waals surface area contributed by atoms with E-state index in [1.165, 1.54) is 19.3 Å². The van der Waals surface area contributed by atoms with Crippen molar-refractivity contribution in [1.29, 1.82) is 0 Å². The summed E-state index contributed by atoms with van der Waals surface area (Å²) in [4.78, 5) is 4.55. The summed E-state index contributed by atoms with van der Waals surface area (Å²) in [6.45, 7) is 4.18. The molecule has 1 N–H and O–H groups in total. The van der Waals surface area contributed by atoms with E-state index in [0.717, 1.165) is 43.8 Å². The predicted molar refractivity (Wildman–Crippen MR) is 71.5 cm³/mol. The van der Waals surface area contributed by atoms with Crippen LogP contribution in [0.2, 0.25) is 0 Å². The van der Waals surface area contributed by atoms with Gasteiger partial charge < -0.3 is 5.11 Å². The van der Waals surface area contributed by atoms with E-state index in [0.29, 0.717) is 0 Å². The van der Waals surface area contributed by atoms with Crippen LogP contribution in [0.1, 0.15) is 70.1 Å². The molecule has 0 amide bonds. The number of aromatic nitrogens is 3. The highest BCUT2D eigenvalue weighted by Crippen LogP contribution is 2.27. The van der Waals surface area contributed by atoms with Crippen LogP contribution in [0.4, 0.5) is 0 Å². The number of rotatable bonds is 3. The zero-order chi connectivity index (χ0) is 13.0. The van der Waals surface area contributed by atoms with Crippen molar-refractivity contribution in [3.63, 3.8) is 0 Å². The second-order valence-corrected chi connectivity index (χ2v) is 5.22. The standard InChI is InChI=1S/C14H25N3O/c1-3-13-15-14(4-2)17(16-13)11-9-7-5-6-8-10-12(11)18/h11-12,18H,3-10H2,1-2H3. The van der Waals surface area contributed by atoms with Crippen molar-refractivity contribution in [2.24, 2.45) is 0 Å². The van der Waals surface area contributed by atoms with Crippen LogP contribution in [0.3, 0.4) is 0 Å². The molecule has 2 rings (SSSR count). The van der Waals surface area contributed by atoms with Gasteiger partial charge in [-0.25, -0.2) is 9.67 Å². The molecule has 0 saturated heterocycles. The van der Waals surface area contributed by atoms with E-state index in [4.69, 9.17) is 0 Å². The minimum atomic E-state index is -0.262. The lowest BCUT2D eigenvalue weighted by molar-refractivity contribution is 0.0808. The Bertz CT molecular complexity index is 375. The Balaban J connectivity index is 2.23. The first-order valence-electron chi connectivity index (χ1n) is 7.38. The molecule has 1 aromatic heterocycles. The summed E-state index contributed by atoms with van der Waals surface area (Å²) in [5.74, 6) is 1.93. The molecule has 2 unspecified atom stereocenters. The normalized spacial score (nSPS) is 25.7. The van der Waals surface area contributed by atoms with Gasteiger partial charge in [0.15, 0.2) is 5.82 Å². The summed E-state index contributed by atoms with van der Waals surface area (Å²) in [6, 6.07) is 0.132. The Kier molecular flexibility index (Phi) is 4.75. The summed E-state index contributed by atoms with van der Waals surface area (Å²) < 4.78 is 2.01. The molecule has 18 heavy (non-hydrogen) atoms. The molecule has 1 saturated carbocycles. The minimum Gasteiger partial charge on any atom is -0.391 e. The molecule has 0 aromatic carbocycles. The van der Waals surface area contributed by atoms with Crippen molar-refractivity contribution in [1.82, 2.24) is 14.8 Å². The first-order valence-corrected chi connectivity index (χ1v) is 7.38. The maximum atomic E-state index is 10.3. The van der Waals surface area contributed by atoms with Crippen LogP contribution in [0.15, 0.2) is 0 Å². The van der Waals surface area contributed by atoms with Crippen molar-refractivity contribution in [2.45, 2.75) is 77.4 Å². The topological polar surface area (TPSA) is 50.9 Å². The Morgan fingerprint density at radius 1 is 1.11 bits per heavy atom. The second kappa shape index (κ2) is 6.32. The third-order valence-corrected chi connectivity index (χ3v) is 3.89. The van der Waals surface area contributed by atoms with Crippen LogP contribution in [-0.4, -0.2) is 26.0 Å². The van der Waals surface area contributed by atoms with Gasteiger partial charge in [-0.05, 0) is 12.8 Å². The van der Waals surface area contributed by atoms with Crippen molar-refractivity contribution in [2.75, 3.05) is 0 Å². The lowest BCUT2D eigenvalue weighted by atomic mass is 9.94. The lowest BCUT2D eigenvalue weighted by Gasteiger charge is -2.26. The Morgan fingerprint density at radius 2 is 1.83 bits per heavy atom. The fraction of sp³-hybridized carbons (Fsp3) is 0.857.